The van der Waals surface area contributed by atoms with Gasteiger partial charge in [-0.05, 0) is 25.3 Å². The molecule has 9 heteroatoms. The van der Waals surface area contributed by atoms with Crippen LogP contribution in [-0.2, 0) is 16.0 Å². The van der Waals surface area contributed by atoms with E-state index in [1.807, 2.05) is 53.1 Å². The molecule has 0 saturated carbocycles. The normalized spacial score (nSPS) is 19.2. The molecule has 4 heterocycles. The quantitative estimate of drug-likeness (QED) is 0.603. The summed E-state index contributed by atoms with van der Waals surface area (Å²) in [6.07, 6.45) is 3.62. The minimum atomic E-state index is -0.116. The first-order chi connectivity index (χ1) is 16.1. The van der Waals surface area contributed by atoms with Crippen LogP contribution in [0.4, 0.5) is 5.82 Å². The van der Waals surface area contributed by atoms with E-state index in [0.29, 0.717) is 31.8 Å². The van der Waals surface area contributed by atoms with Gasteiger partial charge in [-0.25, -0.2) is 4.98 Å². The summed E-state index contributed by atoms with van der Waals surface area (Å²) >= 11 is 0. The van der Waals surface area contributed by atoms with Crippen LogP contribution in [0.1, 0.15) is 24.1 Å². The molecule has 0 spiro atoms. The average molecular weight is 448 g/mol. The van der Waals surface area contributed by atoms with E-state index in [4.69, 9.17) is 0 Å². The van der Waals surface area contributed by atoms with Crippen molar-refractivity contribution in [2.45, 2.75) is 26.2 Å². The molecule has 0 radical (unpaired) electrons. The molecule has 2 aliphatic rings. The fourth-order valence-electron chi connectivity index (χ4n) is 4.84. The largest absolute Gasteiger partial charge is 0.353 e. The van der Waals surface area contributed by atoms with E-state index < -0.39 is 0 Å². The van der Waals surface area contributed by atoms with E-state index in [9.17, 15) is 9.59 Å². The first-order valence-electron chi connectivity index (χ1n) is 11.6. The maximum atomic E-state index is 13.3. The highest BCUT2D eigenvalue weighted by Crippen LogP contribution is 2.23. The summed E-state index contributed by atoms with van der Waals surface area (Å²) in [4.78, 5) is 40.8. The Labute approximate surface area is 193 Å². The SMILES string of the molecule is Cc1cc(N2CCN(C(=O)[C@H]3CCCN(C(=O)Cc4ccccc4)C3)CC2)n2ncnc2n1. The third kappa shape index (κ3) is 4.53. The molecule has 2 aromatic heterocycles. The molecule has 0 bridgehead atoms. The number of nitrogens with zero attached hydrogens (tertiary/aromatic N) is 7. The molecule has 2 saturated heterocycles. The number of benzene rings is 1. The zero-order valence-corrected chi connectivity index (χ0v) is 18.9. The summed E-state index contributed by atoms with van der Waals surface area (Å²) in [5.74, 6) is 1.70. The fraction of sp³-hybridized carbons (Fsp3) is 0.458. The summed E-state index contributed by atoms with van der Waals surface area (Å²) in [6.45, 7) is 5.98. The molecule has 5 rings (SSSR count). The number of hydrogen-bond acceptors (Lipinski definition) is 6. The van der Waals surface area contributed by atoms with Crippen LogP contribution in [0.3, 0.4) is 0 Å². The summed E-state index contributed by atoms with van der Waals surface area (Å²) in [6, 6.07) is 11.8. The van der Waals surface area contributed by atoms with Gasteiger partial charge in [-0.15, -0.1) is 0 Å². The van der Waals surface area contributed by atoms with Gasteiger partial charge in [0, 0.05) is 51.0 Å². The Kier molecular flexibility index (Phi) is 5.93. The molecular weight excluding hydrogens is 418 g/mol. The van der Waals surface area contributed by atoms with Gasteiger partial charge in [0.05, 0.1) is 12.3 Å². The van der Waals surface area contributed by atoms with E-state index in [2.05, 4.69) is 20.0 Å². The minimum absolute atomic E-state index is 0.105. The van der Waals surface area contributed by atoms with Crippen molar-refractivity contribution >= 4 is 23.4 Å². The van der Waals surface area contributed by atoms with Crippen LogP contribution in [0.5, 0.6) is 0 Å². The van der Waals surface area contributed by atoms with Crippen molar-refractivity contribution < 1.29 is 9.59 Å². The van der Waals surface area contributed by atoms with Crippen LogP contribution in [0.15, 0.2) is 42.7 Å². The van der Waals surface area contributed by atoms with Crippen LogP contribution < -0.4 is 4.90 Å². The van der Waals surface area contributed by atoms with E-state index in [-0.39, 0.29) is 17.7 Å². The van der Waals surface area contributed by atoms with Gasteiger partial charge < -0.3 is 14.7 Å². The monoisotopic (exact) mass is 447 g/mol. The van der Waals surface area contributed by atoms with Gasteiger partial charge in [-0.3, -0.25) is 9.59 Å². The Morgan fingerprint density at radius 1 is 1.03 bits per heavy atom. The number of carbonyl (C=O) groups excluding carboxylic acids is 2. The summed E-state index contributed by atoms with van der Waals surface area (Å²) in [5.41, 5.74) is 1.91. The molecular formula is C24H29N7O2. The highest BCUT2D eigenvalue weighted by molar-refractivity contribution is 5.82. The summed E-state index contributed by atoms with van der Waals surface area (Å²) < 4.78 is 1.75. The van der Waals surface area contributed by atoms with Gasteiger partial charge in [0.2, 0.25) is 11.8 Å². The minimum Gasteiger partial charge on any atom is -0.353 e. The van der Waals surface area contributed by atoms with Crippen molar-refractivity contribution in [2.75, 3.05) is 44.2 Å². The van der Waals surface area contributed by atoms with Crippen molar-refractivity contribution in [1.82, 2.24) is 29.4 Å². The van der Waals surface area contributed by atoms with Crippen LogP contribution in [-0.4, -0.2) is 80.5 Å². The Bertz CT molecular complexity index is 1140. The molecule has 0 unspecified atom stereocenters. The Balaban J connectivity index is 1.19. The van der Waals surface area contributed by atoms with E-state index in [0.717, 1.165) is 49.6 Å². The van der Waals surface area contributed by atoms with E-state index in [1.54, 1.807) is 4.52 Å². The number of rotatable bonds is 4. The first kappa shape index (κ1) is 21.4. The number of hydrogen-bond donors (Lipinski definition) is 0. The third-order valence-corrected chi connectivity index (χ3v) is 6.60. The van der Waals surface area contributed by atoms with E-state index >= 15 is 0 Å². The molecule has 172 valence electrons. The lowest BCUT2D eigenvalue weighted by atomic mass is 9.95. The zero-order valence-electron chi connectivity index (χ0n) is 18.9. The lowest BCUT2D eigenvalue weighted by Crippen LogP contribution is -2.53. The first-order valence-corrected chi connectivity index (χ1v) is 11.6. The van der Waals surface area contributed by atoms with Crippen molar-refractivity contribution in [1.29, 1.82) is 0 Å². The second-order valence-corrected chi connectivity index (χ2v) is 8.88. The smallest absolute Gasteiger partial charge is 0.254 e. The molecule has 1 atom stereocenters. The van der Waals surface area contributed by atoms with Gasteiger partial charge in [0.1, 0.15) is 12.1 Å². The standard InChI is InChI=1S/C24H29N7O2/c1-18-14-21(31-24(27-18)25-17-26-31)28-10-12-29(13-11-28)23(33)20-8-5-9-30(16-20)22(32)15-19-6-3-2-4-7-19/h2-4,6-7,14,17,20H,5,8-13,15-16H2,1H3/t20-/m0/s1. The predicted octanol–water partition coefficient (Wildman–Crippen LogP) is 1.56. The second kappa shape index (κ2) is 9.17. The molecule has 9 nitrogen and oxygen atoms in total. The number of piperidine rings is 1. The van der Waals surface area contributed by atoms with Crippen LogP contribution in [0, 0.1) is 12.8 Å². The van der Waals surface area contributed by atoms with Crippen LogP contribution in [0.25, 0.3) is 5.78 Å². The zero-order chi connectivity index (χ0) is 22.8. The fourth-order valence-corrected chi connectivity index (χ4v) is 4.84. The highest BCUT2D eigenvalue weighted by Gasteiger charge is 2.33. The van der Waals surface area contributed by atoms with Crippen molar-refractivity contribution in [2.24, 2.45) is 5.92 Å². The maximum absolute atomic E-state index is 13.3. The molecule has 2 aliphatic heterocycles. The van der Waals surface area contributed by atoms with E-state index in [1.165, 1.54) is 6.33 Å². The molecule has 0 aliphatic carbocycles. The number of aromatic nitrogens is 4. The van der Waals surface area contributed by atoms with Crippen molar-refractivity contribution in [3.05, 3.63) is 54.0 Å². The molecule has 2 amide bonds. The number of likely N-dealkylation sites (tertiary alicyclic amines) is 1. The summed E-state index contributed by atoms with van der Waals surface area (Å²) in [5, 5.41) is 4.30. The number of amides is 2. The molecule has 2 fully saturated rings. The topological polar surface area (TPSA) is 86.9 Å². The molecule has 0 N–H and O–H groups in total. The lowest BCUT2D eigenvalue weighted by molar-refractivity contribution is -0.140. The van der Waals surface area contributed by atoms with Crippen LogP contribution in [0.2, 0.25) is 0 Å². The van der Waals surface area contributed by atoms with Gasteiger partial charge in [-0.1, -0.05) is 30.3 Å². The van der Waals surface area contributed by atoms with Crippen molar-refractivity contribution in [3.8, 4) is 0 Å². The van der Waals surface area contributed by atoms with Gasteiger partial charge in [-0.2, -0.15) is 14.6 Å². The van der Waals surface area contributed by atoms with Gasteiger partial charge >= 0.3 is 0 Å². The lowest BCUT2D eigenvalue weighted by Gasteiger charge is -2.39. The highest BCUT2D eigenvalue weighted by atomic mass is 16.2. The van der Waals surface area contributed by atoms with Crippen molar-refractivity contribution in [3.63, 3.8) is 0 Å². The number of anilines is 1. The Morgan fingerprint density at radius 3 is 2.61 bits per heavy atom. The average Bonchev–Trinajstić information content (AvgIpc) is 3.32. The second-order valence-electron chi connectivity index (χ2n) is 8.88. The molecule has 3 aromatic rings. The number of carbonyl (C=O) groups is 2. The summed E-state index contributed by atoms with van der Waals surface area (Å²) in [7, 11) is 0. The van der Waals surface area contributed by atoms with Gasteiger partial charge in [0.15, 0.2) is 0 Å². The van der Waals surface area contributed by atoms with Gasteiger partial charge in [0.25, 0.3) is 5.78 Å². The molecule has 1 aromatic carbocycles. The number of fused-ring (bicyclic) bond motifs is 1. The molecule has 33 heavy (non-hydrogen) atoms. The third-order valence-electron chi connectivity index (χ3n) is 6.60. The Hall–Kier alpha value is -3.49. The van der Waals surface area contributed by atoms with Crippen LogP contribution >= 0.6 is 0 Å². The number of aryl methyl sites for hydroxylation is 1. The number of piperazine rings is 1. The maximum Gasteiger partial charge on any atom is 0.254 e. The predicted molar refractivity (Wildman–Crippen MR) is 124 cm³/mol. The Morgan fingerprint density at radius 2 is 1.82 bits per heavy atom.